The highest BCUT2D eigenvalue weighted by Gasteiger charge is 2.37. The van der Waals surface area contributed by atoms with Gasteiger partial charge in [-0.25, -0.2) is 0 Å². The van der Waals surface area contributed by atoms with Crippen molar-refractivity contribution in [3.05, 3.63) is 193 Å². The molecule has 0 radical (unpaired) electrons. The molecule has 11 rings (SSSR count). The number of hydrogen-bond acceptors (Lipinski definition) is 1. The van der Waals surface area contributed by atoms with Crippen molar-refractivity contribution in [2.45, 2.75) is 44.9 Å². The minimum Gasteiger partial charge on any atom is -0.313 e. The topological polar surface area (TPSA) is 8.17 Å². The van der Waals surface area contributed by atoms with E-state index in [0.717, 1.165) is 29.9 Å². The molecule has 0 aliphatic heterocycles. The number of benzene rings is 8. The van der Waals surface area contributed by atoms with Crippen LogP contribution in [0, 0.1) is 0 Å². The maximum absolute atomic E-state index is 2.52. The number of anilines is 3. The summed E-state index contributed by atoms with van der Waals surface area (Å²) in [5.41, 5.74) is 17.8. The maximum Gasteiger partial charge on any atom is 0.0540 e. The molecular formula is C55H44N2. The zero-order valence-corrected chi connectivity index (χ0v) is 32.5. The third kappa shape index (κ3) is 5.31. The monoisotopic (exact) mass is 732 g/mol. The van der Waals surface area contributed by atoms with E-state index in [9.17, 15) is 0 Å². The standard InChI is InChI=1S/C55H44N2/c1-55(2)50-26-13-11-21-45(50)48-25-15-24-43(54(48)55)38-28-30-40(31-29-38)56(52-35-33-42(37-16-5-3-6-17-37)44-20-9-10-22-46(44)52)41-32-34-53-49(36-41)47-23-12-14-27-51(47)57(53)39-18-7-4-8-19-39/h3,5-6,9-18,20-36H,4,7-8,19H2,1-2H3. The molecule has 9 aromatic rings. The number of nitrogens with zero attached hydrogens (tertiary/aromatic N) is 2. The van der Waals surface area contributed by atoms with Gasteiger partial charge in [-0.3, -0.25) is 0 Å². The third-order valence-corrected chi connectivity index (χ3v) is 12.7. The Labute approximate surface area is 335 Å². The van der Waals surface area contributed by atoms with Crippen molar-refractivity contribution in [3.8, 4) is 33.4 Å². The van der Waals surface area contributed by atoms with Crippen LogP contribution in [-0.4, -0.2) is 4.57 Å². The molecule has 0 atom stereocenters. The van der Waals surface area contributed by atoms with Gasteiger partial charge in [0.05, 0.1) is 16.7 Å². The Bertz CT molecular complexity index is 3030. The second-order valence-electron chi connectivity index (χ2n) is 16.3. The van der Waals surface area contributed by atoms with Gasteiger partial charge < -0.3 is 9.47 Å². The van der Waals surface area contributed by atoms with Gasteiger partial charge in [-0.15, -0.1) is 0 Å². The molecule has 0 saturated heterocycles. The normalized spacial score (nSPS) is 14.5. The number of allylic oxidation sites excluding steroid dienone is 2. The van der Waals surface area contributed by atoms with Gasteiger partial charge in [0.1, 0.15) is 0 Å². The first kappa shape index (κ1) is 33.7. The van der Waals surface area contributed by atoms with Crippen molar-refractivity contribution in [1.82, 2.24) is 4.57 Å². The smallest absolute Gasteiger partial charge is 0.0540 e. The van der Waals surface area contributed by atoms with Crippen LogP contribution in [0.4, 0.5) is 17.1 Å². The second kappa shape index (κ2) is 13.2. The Balaban J connectivity index is 1.11. The van der Waals surface area contributed by atoms with E-state index in [0.29, 0.717) is 0 Å². The first-order chi connectivity index (χ1) is 28.1. The molecule has 0 unspecified atom stereocenters. The van der Waals surface area contributed by atoms with Crippen LogP contribution < -0.4 is 4.90 Å². The van der Waals surface area contributed by atoms with Crippen molar-refractivity contribution in [1.29, 1.82) is 0 Å². The van der Waals surface area contributed by atoms with E-state index in [1.165, 1.54) is 95.6 Å². The summed E-state index contributed by atoms with van der Waals surface area (Å²) in [5, 5.41) is 5.04. The summed E-state index contributed by atoms with van der Waals surface area (Å²) in [7, 11) is 0. The number of aromatic nitrogens is 1. The number of para-hydroxylation sites is 1. The van der Waals surface area contributed by atoms with Crippen molar-refractivity contribution in [2.24, 2.45) is 0 Å². The van der Waals surface area contributed by atoms with E-state index >= 15 is 0 Å². The van der Waals surface area contributed by atoms with Crippen LogP contribution >= 0.6 is 0 Å². The Hall–Kier alpha value is -6.64. The van der Waals surface area contributed by atoms with E-state index in [-0.39, 0.29) is 5.41 Å². The molecular weight excluding hydrogens is 689 g/mol. The van der Waals surface area contributed by atoms with Gasteiger partial charge in [0.15, 0.2) is 0 Å². The molecule has 2 heteroatoms. The zero-order chi connectivity index (χ0) is 38.1. The van der Waals surface area contributed by atoms with Crippen molar-refractivity contribution < 1.29 is 0 Å². The van der Waals surface area contributed by atoms with Crippen molar-refractivity contribution in [2.75, 3.05) is 4.90 Å². The van der Waals surface area contributed by atoms with Gasteiger partial charge in [0.25, 0.3) is 0 Å². The Morgan fingerprint density at radius 2 is 1.14 bits per heavy atom. The largest absolute Gasteiger partial charge is 0.313 e. The van der Waals surface area contributed by atoms with E-state index < -0.39 is 0 Å². The minimum absolute atomic E-state index is 0.0884. The lowest BCUT2D eigenvalue weighted by atomic mass is 9.79. The summed E-state index contributed by atoms with van der Waals surface area (Å²) in [6.07, 6.45) is 7.23. The summed E-state index contributed by atoms with van der Waals surface area (Å²) < 4.78 is 2.52. The van der Waals surface area contributed by atoms with Crippen LogP contribution in [0.2, 0.25) is 0 Å². The molecule has 0 fully saturated rings. The predicted molar refractivity (Wildman–Crippen MR) is 243 cm³/mol. The van der Waals surface area contributed by atoms with Gasteiger partial charge in [0.2, 0.25) is 0 Å². The lowest BCUT2D eigenvalue weighted by molar-refractivity contribution is 0.662. The molecule has 1 heterocycles. The van der Waals surface area contributed by atoms with Gasteiger partial charge in [0, 0.05) is 38.6 Å². The fourth-order valence-corrected chi connectivity index (χ4v) is 10.1. The average Bonchev–Trinajstić information content (AvgIpc) is 3.73. The summed E-state index contributed by atoms with van der Waals surface area (Å²) in [4.78, 5) is 2.47. The molecule has 2 nitrogen and oxygen atoms in total. The summed E-state index contributed by atoms with van der Waals surface area (Å²) in [6.45, 7) is 4.75. The number of fused-ring (bicyclic) bond motifs is 7. The molecule has 8 aromatic carbocycles. The molecule has 57 heavy (non-hydrogen) atoms. The minimum atomic E-state index is -0.0884. The average molecular weight is 733 g/mol. The highest BCUT2D eigenvalue weighted by atomic mass is 15.1. The lowest BCUT2D eigenvalue weighted by Gasteiger charge is -2.28. The van der Waals surface area contributed by atoms with E-state index in [2.05, 4.69) is 205 Å². The number of rotatable bonds is 6. The number of hydrogen-bond donors (Lipinski definition) is 0. The Morgan fingerprint density at radius 1 is 0.474 bits per heavy atom. The van der Waals surface area contributed by atoms with Crippen LogP contribution in [0.15, 0.2) is 182 Å². The molecule has 0 spiro atoms. The highest BCUT2D eigenvalue weighted by Crippen LogP contribution is 2.52. The fourth-order valence-electron chi connectivity index (χ4n) is 10.1. The SMILES string of the molecule is CC1(C)c2ccccc2-c2cccc(-c3ccc(N(c4ccc5c(c4)c4ccccc4n5C4=CCCCC4)c4ccc(-c5ccccc5)c5ccccc45)cc3)c21. The first-order valence-corrected chi connectivity index (χ1v) is 20.5. The van der Waals surface area contributed by atoms with Crippen molar-refractivity contribution >= 4 is 55.3 Å². The van der Waals surface area contributed by atoms with Crippen LogP contribution in [0.1, 0.15) is 50.7 Å². The fraction of sp³-hybridized carbons (Fsp3) is 0.127. The van der Waals surface area contributed by atoms with E-state index in [1.54, 1.807) is 0 Å². The third-order valence-electron chi connectivity index (χ3n) is 12.7. The molecule has 0 bridgehead atoms. The van der Waals surface area contributed by atoms with Crippen LogP contribution in [-0.2, 0) is 5.41 Å². The summed E-state index contributed by atoms with van der Waals surface area (Å²) in [6, 6.07) is 65.4. The molecule has 0 N–H and O–H groups in total. The van der Waals surface area contributed by atoms with Gasteiger partial charge in [-0.1, -0.05) is 153 Å². The van der Waals surface area contributed by atoms with Crippen LogP contribution in [0.5, 0.6) is 0 Å². The summed E-state index contributed by atoms with van der Waals surface area (Å²) in [5.74, 6) is 0. The van der Waals surface area contributed by atoms with Crippen LogP contribution in [0.3, 0.4) is 0 Å². The molecule has 2 aliphatic rings. The summed E-state index contributed by atoms with van der Waals surface area (Å²) >= 11 is 0. The molecule has 1 aromatic heterocycles. The Kier molecular flexibility index (Phi) is 7.83. The van der Waals surface area contributed by atoms with Gasteiger partial charge >= 0.3 is 0 Å². The first-order valence-electron chi connectivity index (χ1n) is 20.5. The molecule has 0 saturated carbocycles. The molecule has 274 valence electrons. The highest BCUT2D eigenvalue weighted by molar-refractivity contribution is 6.12. The van der Waals surface area contributed by atoms with Gasteiger partial charge in [-0.2, -0.15) is 0 Å². The molecule has 0 amide bonds. The maximum atomic E-state index is 2.52. The van der Waals surface area contributed by atoms with Crippen molar-refractivity contribution in [3.63, 3.8) is 0 Å². The van der Waals surface area contributed by atoms with E-state index in [1.807, 2.05) is 0 Å². The second-order valence-corrected chi connectivity index (χ2v) is 16.3. The van der Waals surface area contributed by atoms with E-state index in [4.69, 9.17) is 0 Å². The lowest BCUT2D eigenvalue weighted by Crippen LogP contribution is -2.16. The quantitative estimate of drug-likeness (QED) is 0.165. The van der Waals surface area contributed by atoms with Gasteiger partial charge in [-0.05, 0) is 118 Å². The zero-order valence-electron chi connectivity index (χ0n) is 32.5. The predicted octanol–water partition coefficient (Wildman–Crippen LogP) is 15.5. The van der Waals surface area contributed by atoms with Crippen LogP contribution in [0.25, 0.3) is 71.7 Å². The molecule has 2 aliphatic carbocycles. The Morgan fingerprint density at radius 3 is 1.96 bits per heavy atom.